The molecule has 0 atom stereocenters. The van der Waals surface area contributed by atoms with Gasteiger partial charge in [0, 0.05) is 25.2 Å². The highest BCUT2D eigenvalue weighted by molar-refractivity contribution is 5.35. The number of likely N-dealkylation sites (N-methyl/N-ethyl adjacent to an activating group) is 1. The first-order valence-corrected chi connectivity index (χ1v) is 6.31. The molecule has 102 valence electrons. The lowest BCUT2D eigenvalue weighted by Crippen LogP contribution is -2.23. The maximum atomic E-state index is 9.66. The van der Waals surface area contributed by atoms with E-state index in [1.54, 1.807) is 6.07 Å². The molecule has 0 amide bonds. The van der Waals surface area contributed by atoms with Gasteiger partial charge in [0.2, 0.25) is 0 Å². The van der Waals surface area contributed by atoms with Crippen LogP contribution < -0.4 is 5.32 Å². The van der Waals surface area contributed by atoms with E-state index in [1.807, 2.05) is 33.2 Å². The summed E-state index contributed by atoms with van der Waals surface area (Å²) < 4.78 is 5.47. The van der Waals surface area contributed by atoms with Crippen LogP contribution in [-0.2, 0) is 11.3 Å². The Balaban J connectivity index is 2.12. The second kappa shape index (κ2) is 8.08. The van der Waals surface area contributed by atoms with E-state index >= 15 is 0 Å². The van der Waals surface area contributed by atoms with E-state index in [9.17, 15) is 5.11 Å². The van der Waals surface area contributed by atoms with Gasteiger partial charge in [0.15, 0.2) is 0 Å². The molecule has 0 aliphatic carbocycles. The van der Waals surface area contributed by atoms with Gasteiger partial charge in [0.05, 0.1) is 13.2 Å². The number of nitrogens with one attached hydrogen (secondary N) is 1. The minimum atomic E-state index is 0.349. The maximum absolute atomic E-state index is 9.66. The van der Waals surface area contributed by atoms with Crippen molar-refractivity contribution in [2.75, 3.05) is 40.4 Å². The molecule has 1 rings (SSSR count). The van der Waals surface area contributed by atoms with Crippen LogP contribution in [0.25, 0.3) is 0 Å². The number of ether oxygens (including phenoxy) is 1. The lowest BCUT2D eigenvalue weighted by atomic mass is 10.1. The summed E-state index contributed by atoms with van der Waals surface area (Å²) in [6.07, 6.45) is 0. The van der Waals surface area contributed by atoms with Gasteiger partial charge in [-0.2, -0.15) is 0 Å². The number of hydrogen-bond donors (Lipinski definition) is 2. The van der Waals surface area contributed by atoms with Crippen molar-refractivity contribution < 1.29 is 9.84 Å². The van der Waals surface area contributed by atoms with Gasteiger partial charge >= 0.3 is 0 Å². The van der Waals surface area contributed by atoms with Gasteiger partial charge in [-0.05, 0) is 27.1 Å². The molecule has 0 heterocycles. The Morgan fingerprint density at radius 2 is 2.06 bits per heavy atom. The van der Waals surface area contributed by atoms with Crippen molar-refractivity contribution in [1.82, 2.24) is 10.2 Å². The van der Waals surface area contributed by atoms with Crippen LogP contribution in [0.3, 0.4) is 0 Å². The number of aromatic hydroxyl groups is 1. The molecule has 2 N–H and O–H groups in total. The third-order valence-corrected chi connectivity index (χ3v) is 2.66. The van der Waals surface area contributed by atoms with E-state index in [4.69, 9.17) is 4.74 Å². The quantitative estimate of drug-likeness (QED) is 0.686. The highest BCUT2D eigenvalue weighted by Crippen LogP contribution is 2.17. The number of benzene rings is 1. The molecular formula is C14H24N2O2. The number of aryl methyl sites for hydroxylation is 1. The molecular weight excluding hydrogens is 228 g/mol. The van der Waals surface area contributed by atoms with Gasteiger partial charge in [-0.15, -0.1) is 0 Å². The first kappa shape index (κ1) is 15.0. The van der Waals surface area contributed by atoms with Crippen molar-refractivity contribution >= 4 is 0 Å². The summed E-state index contributed by atoms with van der Waals surface area (Å²) >= 11 is 0. The van der Waals surface area contributed by atoms with E-state index in [0.29, 0.717) is 18.9 Å². The van der Waals surface area contributed by atoms with Crippen molar-refractivity contribution in [2.24, 2.45) is 0 Å². The lowest BCUT2D eigenvalue weighted by Gasteiger charge is -2.11. The Bertz CT molecular complexity index is 354. The molecule has 1 aromatic rings. The zero-order valence-corrected chi connectivity index (χ0v) is 11.6. The standard InChI is InChI=1S/C14H24N2O2/c1-12-4-5-14(17)13(10-12)11-15-6-8-18-9-7-16(2)3/h4-5,10,15,17H,6-9,11H2,1-3H3. The van der Waals surface area contributed by atoms with Crippen LogP contribution in [0.1, 0.15) is 11.1 Å². The molecule has 0 fully saturated rings. The highest BCUT2D eigenvalue weighted by atomic mass is 16.5. The smallest absolute Gasteiger partial charge is 0.120 e. The SMILES string of the molecule is Cc1ccc(O)c(CNCCOCCN(C)C)c1. The molecule has 4 nitrogen and oxygen atoms in total. The zero-order valence-electron chi connectivity index (χ0n) is 11.6. The second-order valence-corrected chi connectivity index (χ2v) is 4.72. The fourth-order valence-corrected chi connectivity index (χ4v) is 1.57. The molecule has 0 bridgehead atoms. The third kappa shape index (κ3) is 6.00. The number of phenolic OH excluding ortho intramolecular Hbond substituents is 1. The van der Waals surface area contributed by atoms with Crippen LogP contribution in [0.4, 0.5) is 0 Å². The topological polar surface area (TPSA) is 44.7 Å². The summed E-state index contributed by atoms with van der Waals surface area (Å²) in [5.41, 5.74) is 2.09. The average molecular weight is 252 g/mol. The summed E-state index contributed by atoms with van der Waals surface area (Å²) in [4.78, 5) is 2.10. The largest absolute Gasteiger partial charge is 0.508 e. The molecule has 0 spiro atoms. The Morgan fingerprint density at radius 1 is 1.28 bits per heavy atom. The molecule has 0 saturated heterocycles. The summed E-state index contributed by atoms with van der Waals surface area (Å²) in [5.74, 6) is 0.349. The highest BCUT2D eigenvalue weighted by Gasteiger charge is 2.00. The molecule has 0 aliphatic heterocycles. The molecule has 0 radical (unpaired) electrons. The first-order valence-electron chi connectivity index (χ1n) is 6.31. The van der Waals surface area contributed by atoms with Gasteiger partial charge < -0.3 is 20.1 Å². The number of hydrogen-bond acceptors (Lipinski definition) is 4. The van der Waals surface area contributed by atoms with Crippen LogP contribution in [0, 0.1) is 6.92 Å². The molecule has 0 unspecified atom stereocenters. The fourth-order valence-electron chi connectivity index (χ4n) is 1.57. The van der Waals surface area contributed by atoms with Crippen molar-refractivity contribution in [3.63, 3.8) is 0 Å². The third-order valence-electron chi connectivity index (χ3n) is 2.66. The summed E-state index contributed by atoms with van der Waals surface area (Å²) in [7, 11) is 4.06. The van der Waals surface area contributed by atoms with Crippen LogP contribution >= 0.6 is 0 Å². The van der Waals surface area contributed by atoms with Crippen molar-refractivity contribution in [3.8, 4) is 5.75 Å². The van der Waals surface area contributed by atoms with Crippen molar-refractivity contribution in [2.45, 2.75) is 13.5 Å². The molecule has 0 aliphatic rings. The molecule has 18 heavy (non-hydrogen) atoms. The normalized spacial score (nSPS) is 11.1. The predicted octanol–water partition coefficient (Wildman–Crippen LogP) is 1.37. The summed E-state index contributed by atoms with van der Waals surface area (Å²) in [6.45, 7) is 5.88. The average Bonchev–Trinajstić information content (AvgIpc) is 2.32. The van der Waals surface area contributed by atoms with Crippen molar-refractivity contribution in [1.29, 1.82) is 0 Å². The molecule has 4 heteroatoms. The van der Waals surface area contributed by atoms with E-state index in [1.165, 1.54) is 0 Å². The monoisotopic (exact) mass is 252 g/mol. The minimum absolute atomic E-state index is 0.349. The van der Waals surface area contributed by atoms with E-state index in [-0.39, 0.29) is 0 Å². The molecule has 1 aromatic carbocycles. The second-order valence-electron chi connectivity index (χ2n) is 4.72. The minimum Gasteiger partial charge on any atom is -0.508 e. The molecule has 0 aromatic heterocycles. The van der Waals surface area contributed by atoms with E-state index in [0.717, 1.165) is 30.8 Å². The van der Waals surface area contributed by atoms with Crippen LogP contribution in [0.15, 0.2) is 18.2 Å². The van der Waals surface area contributed by atoms with E-state index < -0.39 is 0 Å². The number of phenols is 1. The first-order chi connectivity index (χ1) is 8.59. The summed E-state index contributed by atoms with van der Waals surface area (Å²) in [5, 5.41) is 12.9. The Morgan fingerprint density at radius 3 is 2.78 bits per heavy atom. The number of rotatable bonds is 8. The van der Waals surface area contributed by atoms with Crippen LogP contribution in [0.2, 0.25) is 0 Å². The van der Waals surface area contributed by atoms with Gasteiger partial charge in [0.25, 0.3) is 0 Å². The van der Waals surface area contributed by atoms with E-state index in [2.05, 4.69) is 10.2 Å². The number of nitrogens with zero attached hydrogens (tertiary/aromatic N) is 1. The van der Waals surface area contributed by atoms with Crippen LogP contribution in [-0.4, -0.2) is 50.4 Å². The van der Waals surface area contributed by atoms with Crippen LogP contribution in [0.5, 0.6) is 5.75 Å². The maximum Gasteiger partial charge on any atom is 0.120 e. The Kier molecular flexibility index (Phi) is 6.72. The van der Waals surface area contributed by atoms with Gasteiger partial charge in [-0.1, -0.05) is 17.7 Å². The fraction of sp³-hybridized carbons (Fsp3) is 0.571. The van der Waals surface area contributed by atoms with Gasteiger partial charge in [0.1, 0.15) is 5.75 Å². The lowest BCUT2D eigenvalue weighted by molar-refractivity contribution is 0.119. The molecule has 0 saturated carbocycles. The van der Waals surface area contributed by atoms with Gasteiger partial charge in [-0.25, -0.2) is 0 Å². The Labute approximate surface area is 110 Å². The predicted molar refractivity (Wildman–Crippen MR) is 73.9 cm³/mol. The van der Waals surface area contributed by atoms with Crippen molar-refractivity contribution in [3.05, 3.63) is 29.3 Å². The van der Waals surface area contributed by atoms with Gasteiger partial charge in [-0.3, -0.25) is 0 Å². The summed E-state index contributed by atoms with van der Waals surface area (Å²) in [6, 6.07) is 5.64. The zero-order chi connectivity index (χ0) is 13.4. The Hall–Kier alpha value is -1.10.